The second kappa shape index (κ2) is 8.18. The lowest BCUT2D eigenvalue weighted by Gasteiger charge is -2.15. The molecule has 3 N–H and O–H groups in total. The Balaban J connectivity index is 2.15. The highest BCUT2D eigenvalue weighted by Gasteiger charge is 2.16. The van der Waals surface area contributed by atoms with Crippen LogP contribution in [0.5, 0.6) is 0 Å². The van der Waals surface area contributed by atoms with Gasteiger partial charge in [0, 0.05) is 12.6 Å². The number of pyridine rings is 1. The molecule has 6 heteroatoms. The summed E-state index contributed by atoms with van der Waals surface area (Å²) >= 11 is 0. The maximum absolute atomic E-state index is 12.2. The summed E-state index contributed by atoms with van der Waals surface area (Å²) in [6, 6.07) is 5.52. The minimum absolute atomic E-state index is 0.208. The van der Waals surface area contributed by atoms with Crippen LogP contribution >= 0.6 is 0 Å². The van der Waals surface area contributed by atoms with Gasteiger partial charge in [-0.2, -0.15) is 0 Å². The van der Waals surface area contributed by atoms with Gasteiger partial charge in [0.25, 0.3) is 0 Å². The molecular weight excluding hydrogens is 270 g/mol. The van der Waals surface area contributed by atoms with Gasteiger partial charge in [0.2, 0.25) is 5.78 Å². The van der Waals surface area contributed by atoms with Crippen LogP contribution in [0.3, 0.4) is 0 Å². The van der Waals surface area contributed by atoms with Gasteiger partial charge in [0.15, 0.2) is 5.76 Å². The molecule has 6 nitrogen and oxygen atoms in total. The molecule has 0 aliphatic carbocycles. The Morgan fingerprint density at radius 1 is 1.38 bits per heavy atom. The molecule has 1 aromatic heterocycles. The fraction of sp³-hybridized carbons (Fsp3) is 0.333. The van der Waals surface area contributed by atoms with Crippen LogP contribution in [0, 0.1) is 0 Å². The third-order valence-electron chi connectivity index (χ3n) is 2.96. The first kappa shape index (κ1) is 15.2. The van der Waals surface area contributed by atoms with Crippen molar-refractivity contribution >= 4 is 5.78 Å². The van der Waals surface area contributed by atoms with E-state index in [-0.39, 0.29) is 18.1 Å². The van der Waals surface area contributed by atoms with Gasteiger partial charge in [0.05, 0.1) is 24.6 Å². The monoisotopic (exact) mass is 289 g/mol. The lowest BCUT2D eigenvalue weighted by molar-refractivity contribution is -0.115. The van der Waals surface area contributed by atoms with Crippen molar-refractivity contribution in [2.24, 2.45) is 5.84 Å². The number of allylic oxidation sites excluding steroid dienone is 1. The molecule has 0 fully saturated rings. The molecule has 0 saturated heterocycles. The maximum atomic E-state index is 12.2. The summed E-state index contributed by atoms with van der Waals surface area (Å²) < 4.78 is 11.1. The number of hydrogen-bond donors (Lipinski definition) is 2. The van der Waals surface area contributed by atoms with E-state index in [1.165, 1.54) is 6.08 Å². The SMILES string of the molecule is NN/C1=C(/OCc2ccccn2)C(=O)/C=C\CCOCC1. The molecule has 0 atom stereocenters. The highest BCUT2D eigenvalue weighted by molar-refractivity contribution is 6.02. The van der Waals surface area contributed by atoms with E-state index in [4.69, 9.17) is 15.3 Å². The number of nitrogens with two attached hydrogens (primary N) is 1. The molecule has 112 valence electrons. The third-order valence-corrected chi connectivity index (χ3v) is 2.96. The summed E-state index contributed by atoms with van der Waals surface area (Å²) in [5.74, 6) is 5.51. The fourth-order valence-electron chi connectivity index (χ4n) is 1.88. The fourth-order valence-corrected chi connectivity index (χ4v) is 1.88. The number of nitrogens with zero attached hydrogens (tertiary/aromatic N) is 1. The topological polar surface area (TPSA) is 86.5 Å². The lowest BCUT2D eigenvalue weighted by Crippen LogP contribution is -2.26. The zero-order valence-corrected chi connectivity index (χ0v) is 11.7. The van der Waals surface area contributed by atoms with Gasteiger partial charge in [-0.05, 0) is 24.6 Å². The summed E-state index contributed by atoms with van der Waals surface area (Å²) in [6.45, 7) is 1.28. The second-order valence-corrected chi connectivity index (χ2v) is 4.48. The van der Waals surface area contributed by atoms with E-state index >= 15 is 0 Å². The number of nitrogens with one attached hydrogen (secondary N) is 1. The zero-order chi connectivity index (χ0) is 14.9. The summed E-state index contributed by atoms with van der Waals surface area (Å²) in [5, 5.41) is 0. The molecule has 1 aromatic rings. The van der Waals surface area contributed by atoms with Crippen molar-refractivity contribution in [3.05, 3.63) is 53.7 Å². The second-order valence-electron chi connectivity index (χ2n) is 4.48. The van der Waals surface area contributed by atoms with E-state index in [0.29, 0.717) is 31.8 Å². The summed E-state index contributed by atoms with van der Waals surface area (Å²) in [4.78, 5) is 16.4. The molecule has 0 radical (unpaired) electrons. The Labute approximate surface area is 123 Å². The predicted molar refractivity (Wildman–Crippen MR) is 77.6 cm³/mol. The lowest BCUT2D eigenvalue weighted by atomic mass is 10.2. The molecule has 2 rings (SSSR count). The van der Waals surface area contributed by atoms with Crippen molar-refractivity contribution in [3.8, 4) is 0 Å². The van der Waals surface area contributed by atoms with Crippen LogP contribution in [-0.2, 0) is 20.9 Å². The van der Waals surface area contributed by atoms with E-state index in [9.17, 15) is 4.79 Å². The quantitative estimate of drug-likeness (QED) is 0.640. The molecule has 21 heavy (non-hydrogen) atoms. The van der Waals surface area contributed by atoms with Gasteiger partial charge in [-0.3, -0.25) is 15.6 Å². The van der Waals surface area contributed by atoms with Gasteiger partial charge in [-0.15, -0.1) is 0 Å². The van der Waals surface area contributed by atoms with Crippen molar-refractivity contribution in [1.82, 2.24) is 10.4 Å². The van der Waals surface area contributed by atoms with Gasteiger partial charge < -0.3 is 14.9 Å². The van der Waals surface area contributed by atoms with Crippen molar-refractivity contribution in [2.45, 2.75) is 19.4 Å². The first-order valence-electron chi connectivity index (χ1n) is 6.82. The predicted octanol–water partition coefficient (Wildman–Crippen LogP) is 1.21. The highest BCUT2D eigenvalue weighted by Crippen LogP contribution is 2.13. The van der Waals surface area contributed by atoms with Crippen molar-refractivity contribution < 1.29 is 14.3 Å². The van der Waals surface area contributed by atoms with Crippen molar-refractivity contribution in [3.63, 3.8) is 0 Å². The standard InChI is InChI=1S/C15H19N3O3/c16-18-13-7-10-20-9-4-2-6-14(19)15(13)21-11-12-5-1-3-8-17-12/h1-3,5-6,8,18H,4,7,9-11,16H2/b6-2-,15-13+. The maximum Gasteiger partial charge on any atom is 0.221 e. The van der Waals surface area contributed by atoms with Crippen LogP contribution in [0.1, 0.15) is 18.5 Å². The smallest absolute Gasteiger partial charge is 0.221 e. The minimum Gasteiger partial charge on any atom is -0.481 e. The van der Waals surface area contributed by atoms with Crippen LogP contribution in [0.15, 0.2) is 48.0 Å². The minimum atomic E-state index is -0.208. The average Bonchev–Trinajstić information content (AvgIpc) is 2.53. The van der Waals surface area contributed by atoms with Gasteiger partial charge in [0.1, 0.15) is 6.61 Å². The molecule has 0 amide bonds. The zero-order valence-electron chi connectivity index (χ0n) is 11.7. The van der Waals surface area contributed by atoms with Crippen LogP contribution in [-0.4, -0.2) is 24.0 Å². The van der Waals surface area contributed by atoms with E-state index < -0.39 is 0 Å². The van der Waals surface area contributed by atoms with E-state index in [1.807, 2.05) is 18.2 Å². The van der Waals surface area contributed by atoms with E-state index in [0.717, 1.165) is 5.69 Å². The van der Waals surface area contributed by atoms with Crippen molar-refractivity contribution in [2.75, 3.05) is 13.2 Å². The molecule has 0 unspecified atom stereocenters. The molecule has 1 aliphatic rings. The van der Waals surface area contributed by atoms with Crippen LogP contribution < -0.4 is 11.3 Å². The van der Waals surface area contributed by atoms with E-state index in [1.54, 1.807) is 12.3 Å². The molecule has 0 saturated carbocycles. The molecule has 0 spiro atoms. The Kier molecular flexibility index (Phi) is 5.93. The third kappa shape index (κ3) is 4.70. The number of ketones is 1. The van der Waals surface area contributed by atoms with E-state index in [2.05, 4.69) is 10.4 Å². The summed E-state index contributed by atoms with van der Waals surface area (Å²) in [6.07, 6.45) is 6.13. The molecule has 0 bridgehead atoms. The number of aromatic nitrogens is 1. The number of hydrogen-bond acceptors (Lipinski definition) is 6. The largest absolute Gasteiger partial charge is 0.481 e. The van der Waals surface area contributed by atoms with Gasteiger partial charge in [-0.25, -0.2) is 0 Å². The van der Waals surface area contributed by atoms with Crippen molar-refractivity contribution in [1.29, 1.82) is 0 Å². The molecular formula is C15H19N3O3. The first-order chi connectivity index (χ1) is 10.3. The molecule has 2 heterocycles. The Morgan fingerprint density at radius 3 is 3.05 bits per heavy atom. The number of rotatable bonds is 4. The Morgan fingerprint density at radius 2 is 2.29 bits per heavy atom. The van der Waals surface area contributed by atoms with Gasteiger partial charge in [-0.1, -0.05) is 12.1 Å². The number of carbonyl (C=O) groups excluding carboxylic acids is 1. The number of carbonyl (C=O) groups is 1. The highest BCUT2D eigenvalue weighted by atomic mass is 16.5. The van der Waals surface area contributed by atoms with Crippen LogP contribution in [0.4, 0.5) is 0 Å². The Bertz CT molecular complexity index is 526. The number of ether oxygens (including phenoxy) is 2. The normalized spacial score (nSPS) is 21.7. The molecule has 0 aromatic carbocycles. The molecule has 1 aliphatic heterocycles. The Hall–Kier alpha value is -2.18. The number of hydrazine groups is 1. The summed E-state index contributed by atoms with van der Waals surface area (Å²) in [5.41, 5.74) is 3.81. The van der Waals surface area contributed by atoms with Crippen LogP contribution in [0.25, 0.3) is 0 Å². The first-order valence-corrected chi connectivity index (χ1v) is 6.82. The summed E-state index contributed by atoms with van der Waals surface area (Å²) in [7, 11) is 0. The average molecular weight is 289 g/mol. The van der Waals surface area contributed by atoms with Gasteiger partial charge >= 0.3 is 0 Å². The van der Waals surface area contributed by atoms with Crippen LogP contribution in [0.2, 0.25) is 0 Å².